The van der Waals surface area contributed by atoms with Crippen LogP contribution >= 0.6 is 11.6 Å². The first kappa shape index (κ1) is 21.9. The quantitative estimate of drug-likeness (QED) is 0.599. The molecule has 2 heterocycles. The summed E-state index contributed by atoms with van der Waals surface area (Å²) in [5, 5.41) is 2.02. The maximum absolute atomic E-state index is 13.3. The number of carbonyl (C=O) groups is 2. The molecule has 3 aromatic rings. The largest absolute Gasteiger partial charge is 0.326 e. The summed E-state index contributed by atoms with van der Waals surface area (Å²) in [6.45, 7) is 3.07. The van der Waals surface area contributed by atoms with Gasteiger partial charge in [0.15, 0.2) is 0 Å². The number of hydrogen-bond acceptors (Lipinski definition) is 3. The molecule has 35 heavy (non-hydrogen) atoms. The number of anilines is 1. The fourth-order valence-electron chi connectivity index (χ4n) is 5.49. The number of amides is 2. The van der Waals surface area contributed by atoms with Crippen LogP contribution in [0.25, 0.3) is 11.1 Å². The Balaban J connectivity index is 1.16. The van der Waals surface area contributed by atoms with Gasteiger partial charge in [-0.2, -0.15) is 0 Å². The van der Waals surface area contributed by atoms with E-state index in [2.05, 4.69) is 54.0 Å². The van der Waals surface area contributed by atoms with E-state index in [0.29, 0.717) is 35.5 Å². The highest BCUT2D eigenvalue weighted by Gasteiger charge is 2.38. The number of halogens is 1. The topological polar surface area (TPSA) is 57.1 Å². The van der Waals surface area contributed by atoms with Gasteiger partial charge in [-0.25, -0.2) is 5.01 Å². The zero-order chi connectivity index (χ0) is 23.9. The van der Waals surface area contributed by atoms with Crippen LogP contribution in [0.4, 0.5) is 5.69 Å². The van der Waals surface area contributed by atoms with Crippen LogP contribution in [-0.4, -0.2) is 42.9 Å². The van der Waals surface area contributed by atoms with E-state index < -0.39 is 0 Å². The molecular formula is C28H26ClN4O2+. The highest BCUT2D eigenvalue weighted by atomic mass is 35.5. The Hall–Kier alpha value is -3.61. The van der Waals surface area contributed by atoms with Crippen molar-refractivity contribution in [3.8, 4) is 11.1 Å². The monoisotopic (exact) mass is 485 g/mol. The highest BCUT2D eigenvalue weighted by molar-refractivity contribution is 6.30. The van der Waals surface area contributed by atoms with Crippen molar-refractivity contribution in [2.45, 2.75) is 12.5 Å². The Kier molecular flexibility index (Phi) is 5.55. The molecule has 7 heteroatoms. The third kappa shape index (κ3) is 3.89. The molecule has 0 saturated carbocycles. The van der Waals surface area contributed by atoms with Crippen molar-refractivity contribution in [1.82, 2.24) is 10.3 Å². The number of benzene rings is 3. The van der Waals surface area contributed by atoms with Gasteiger partial charge in [-0.05, 0) is 41.5 Å². The molecule has 1 fully saturated rings. The summed E-state index contributed by atoms with van der Waals surface area (Å²) in [6, 6.07) is 24.6. The van der Waals surface area contributed by atoms with E-state index >= 15 is 0 Å². The number of fused-ring (bicyclic) bond motifs is 3. The molecule has 0 radical (unpaired) electrons. The van der Waals surface area contributed by atoms with E-state index in [-0.39, 0.29) is 18.2 Å². The predicted molar refractivity (Wildman–Crippen MR) is 136 cm³/mol. The molecule has 2 N–H and O–H groups in total. The number of nitrogens with one attached hydrogen (secondary N) is 2. The van der Waals surface area contributed by atoms with Gasteiger partial charge in [0.1, 0.15) is 11.7 Å². The minimum Gasteiger partial charge on any atom is -0.326 e. The lowest BCUT2D eigenvalue weighted by Gasteiger charge is -2.37. The van der Waals surface area contributed by atoms with E-state index in [1.807, 2.05) is 4.90 Å². The molecule has 2 amide bonds. The molecule has 2 aliphatic heterocycles. The van der Waals surface area contributed by atoms with Gasteiger partial charge >= 0.3 is 0 Å². The van der Waals surface area contributed by atoms with Crippen molar-refractivity contribution >= 4 is 29.1 Å². The highest BCUT2D eigenvalue weighted by Crippen LogP contribution is 2.41. The van der Waals surface area contributed by atoms with Crippen LogP contribution in [0.2, 0.25) is 5.02 Å². The van der Waals surface area contributed by atoms with E-state index in [1.54, 1.807) is 30.3 Å². The molecule has 1 aliphatic carbocycles. The van der Waals surface area contributed by atoms with Crippen molar-refractivity contribution in [1.29, 1.82) is 0 Å². The first-order valence-corrected chi connectivity index (χ1v) is 12.4. The van der Waals surface area contributed by atoms with Gasteiger partial charge in [0.25, 0.3) is 5.91 Å². The van der Waals surface area contributed by atoms with E-state index in [1.165, 1.54) is 32.2 Å². The summed E-state index contributed by atoms with van der Waals surface area (Å²) in [5.74, 6) is -0.181. The average Bonchev–Trinajstić information content (AvgIpc) is 3.24. The standard InChI is InChI=1S/C28H25ClN4O2/c29-19-9-11-20(12-10-19)33-26(34)14-13-25(30-33)28(35)32-17-15-31(16-18-32)27-23-7-3-1-5-21(23)22-6-2-4-8-24(22)27/h1-13,27,30H,14-18H2/p+1. The Morgan fingerprint density at radius 1 is 0.886 bits per heavy atom. The number of nitrogens with zero attached hydrogens (tertiary/aromatic N) is 2. The first-order valence-electron chi connectivity index (χ1n) is 12.0. The third-order valence-electron chi connectivity index (χ3n) is 7.21. The van der Waals surface area contributed by atoms with Crippen molar-refractivity contribution in [3.05, 3.63) is 101 Å². The van der Waals surface area contributed by atoms with Crippen LogP contribution in [0, 0.1) is 0 Å². The molecule has 0 atom stereocenters. The molecule has 176 valence electrons. The van der Waals surface area contributed by atoms with Gasteiger partial charge < -0.3 is 9.80 Å². The van der Waals surface area contributed by atoms with Crippen molar-refractivity contribution in [2.24, 2.45) is 0 Å². The normalized spacial score (nSPS) is 18.1. The lowest BCUT2D eigenvalue weighted by molar-refractivity contribution is -0.929. The summed E-state index contributed by atoms with van der Waals surface area (Å²) < 4.78 is 0. The summed E-state index contributed by atoms with van der Waals surface area (Å²) in [7, 11) is 0. The minimum absolute atomic E-state index is 0.0669. The zero-order valence-electron chi connectivity index (χ0n) is 19.2. The molecule has 3 aliphatic rings. The summed E-state index contributed by atoms with van der Waals surface area (Å²) in [4.78, 5) is 29.2. The predicted octanol–water partition coefficient (Wildman–Crippen LogP) is 2.96. The van der Waals surface area contributed by atoms with Crippen molar-refractivity contribution < 1.29 is 14.5 Å². The lowest BCUT2D eigenvalue weighted by atomic mass is 10.0. The molecule has 0 aromatic heterocycles. The molecule has 6 rings (SSSR count). The Morgan fingerprint density at radius 2 is 1.49 bits per heavy atom. The van der Waals surface area contributed by atoms with E-state index in [4.69, 9.17) is 11.6 Å². The maximum atomic E-state index is 13.3. The van der Waals surface area contributed by atoms with Crippen LogP contribution < -0.4 is 15.3 Å². The average molecular weight is 486 g/mol. The van der Waals surface area contributed by atoms with Crippen LogP contribution in [0.1, 0.15) is 23.6 Å². The second-order valence-electron chi connectivity index (χ2n) is 9.20. The molecule has 3 aromatic carbocycles. The van der Waals surface area contributed by atoms with Crippen molar-refractivity contribution in [3.63, 3.8) is 0 Å². The Labute approximate surface area is 209 Å². The zero-order valence-corrected chi connectivity index (χ0v) is 20.0. The second kappa shape index (κ2) is 8.87. The Bertz CT molecular complexity index is 1280. The number of hydrogen-bond donors (Lipinski definition) is 2. The number of piperazine rings is 1. The van der Waals surface area contributed by atoms with Gasteiger partial charge in [0, 0.05) is 22.6 Å². The molecule has 0 bridgehead atoms. The summed E-state index contributed by atoms with van der Waals surface area (Å²) in [6.07, 6.45) is 1.87. The van der Waals surface area contributed by atoms with Gasteiger partial charge in [-0.3, -0.25) is 15.0 Å². The maximum Gasteiger partial charge on any atom is 0.271 e. The van der Waals surface area contributed by atoms with Gasteiger partial charge in [0.2, 0.25) is 5.91 Å². The second-order valence-corrected chi connectivity index (χ2v) is 9.63. The van der Waals surface area contributed by atoms with Gasteiger partial charge in [-0.1, -0.05) is 60.1 Å². The van der Waals surface area contributed by atoms with Crippen LogP contribution in [0.5, 0.6) is 0 Å². The molecular weight excluding hydrogens is 460 g/mol. The number of carbonyl (C=O) groups excluding carboxylic acids is 2. The molecule has 1 saturated heterocycles. The molecule has 0 spiro atoms. The van der Waals surface area contributed by atoms with Gasteiger partial charge in [0.05, 0.1) is 31.9 Å². The molecule has 0 unspecified atom stereocenters. The number of rotatable bonds is 3. The van der Waals surface area contributed by atoms with Crippen LogP contribution in [-0.2, 0) is 9.59 Å². The van der Waals surface area contributed by atoms with E-state index in [0.717, 1.165) is 13.1 Å². The smallest absolute Gasteiger partial charge is 0.271 e. The van der Waals surface area contributed by atoms with E-state index in [9.17, 15) is 9.59 Å². The van der Waals surface area contributed by atoms with Crippen LogP contribution in [0.15, 0.2) is 84.6 Å². The minimum atomic E-state index is -0.114. The Morgan fingerprint density at radius 3 is 2.11 bits per heavy atom. The summed E-state index contributed by atoms with van der Waals surface area (Å²) in [5.41, 5.74) is 9.52. The SMILES string of the molecule is O=C(C1=CCC(=O)N(c2ccc(Cl)cc2)N1)N1CC[NH+](C2c3ccccc3-c3ccccc32)CC1. The number of hydrazine groups is 1. The van der Waals surface area contributed by atoms with Crippen LogP contribution in [0.3, 0.4) is 0 Å². The first-order chi connectivity index (χ1) is 17.1. The lowest BCUT2D eigenvalue weighted by Crippen LogP contribution is -3.15. The fraction of sp³-hybridized carbons (Fsp3) is 0.214. The van der Waals surface area contributed by atoms with Gasteiger partial charge in [-0.15, -0.1) is 0 Å². The fourth-order valence-corrected chi connectivity index (χ4v) is 5.62. The molecule has 6 nitrogen and oxygen atoms in total. The summed E-state index contributed by atoms with van der Waals surface area (Å²) >= 11 is 5.98. The number of quaternary nitrogens is 1. The van der Waals surface area contributed by atoms with Crippen molar-refractivity contribution in [2.75, 3.05) is 31.2 Å². The third-order valence-corrected chi connectivity index (χ3v) is 7.46.